The molecule has 1 fully saturated rings. The Morgan fingerprint density at radius 3 is 2.68 bits per heavy atom. The molecule has 7 nitrogen and oxygen atoms in total. The lowest BCUT2D eigenvalue weighted by Gasteiger charge is -2.37. The number of fused-ring (bicyclic) bond motifs is 3. The summed E-state index contributed by atoms with van der Waals surface area (Å²) in [7, 11) is 4.16. The molecule has 1 amide bonds. The highest BCUT2D eigenvalue weighted by Crippen LogP contribution is 2.54. The summed E-state index contributed by atoms with van der Waals surface area (Å²) in [5.41, 5.74) is 7.61. The first-order valence-corrected chi connectivity index (χ1v) is 13.8. The van der Waals surface area contributed by atoms with Gasteiger partial charge >= 0.3 is 0 Å². The highest BCUT2D eigenvalue weighted by atomic mass is 19.1. The first kappa shape index (κ1) is 25.0. The van der Waals surface area contributed by atoms with E-state index in [1.54, 1.807) is 6.07 Å². The van der Waals surface area contributed by atoms with Crippen LogP contribution in [0.3, 0.4) is 0 Å². The number of benzene rings is 1. The second kappa shape index (κ2) is 9.80. The van der Waals surface area contributed by atoms with Crippen LogP contribution in [0.25, 0.3) is 0 Å². The number of aromatic nitrogens is 3. The molecule has 8 heteroatoms. The van der Waals surface area contributed by atoms with E-state index in [4.69, 9.17) is 4.74 Å². The van der Waals surface area contributed by atoms with Crippen LogP contribution in [-0.2, 0) is 37.9 Å². The lowest BCUT2D eigenvalue weighted by atomic mass is 9.81. The van der Waals surface area contributed by atoms with Gasteiger partial charge in [-0.15, -0.1) is 0 Å². The molecule has 0 saturated heterocycles. The summed E-state index contributed by atoms with van der Waals surface area (Å²) in [5, 5.41) is 0. The van der Waals surface area contributed by atoms with Crippen molar-refractivity contribution in [3.8, 4) is 5.75 Å². The molecule has 6 rings (SSSR count). The van der Waals surface area contributed by atoms with Gasteiger partial charge in [-0.1, -0.05) is 6.07 Å². The van der Waals surface area contributed by atoms with Gasteiger partial charge in [0.1, 0.15) is 0 Å². The average molecular weight is 518 g/mol. The molecule has 1 saturated carbocycles. The Morgan fingerprint density at radius 1 is 1.11 bits per heavy atom. The number of halogens is 1. The van der Waals surface area contributed by atoms with Crippen molar-refractivity contribution in [1.82, 2.24) is 24.3 Å². The van der Waals surface area contributed by atoms with Crippen LogP contribution in [0.2, 0.25) is 0 Å². The molecule has 2 aromatic heterocycles. The third-order valence-corrected chi connectivity index (χ3v) is 8.15. The Kier molecular flexibility index (Phi) is 6.46. The van der Waals surface area contributed by atoms with Crippen molar-refractivity contribution < 1.29 is 13.9 Å². The predicted molar refractivity (Wildman–Crippen MR) is 143 cm³/mol. The van der Waals surface area contributed by atoms with Crippen LogP contribution in [0.1, 0.15) is 76.7 Å². The van der Waals surface area contributed by atoms with Gasteiger partial charge in [-0.2, -0.15) is 0 Å². The lowest BCUT2D eigenvalue weighted by molar-refractivity contribution is 0.0694. The number of aryl methyl sites for hydroxylation is 1. The molecule has 3 heterocycles. The highest BCUT2D eigenvalue weighted by molar-refractivity contribution is 5.98. The summed E-state index contributed by atoms with van der Waals surface area (Å²) in [4.78, 5) is 27.0. The number of ether oxygens (including phenoxy) is 1. The fourth-order valence-corrected chi connectivity index (χ4v) is 6.37. The van der Waals surface area contributed by atoms with Crippen LogP contribution in [0.4, 0.5) is 4.39 Å². The Bertz CT molecular complexity index is 1380. The molecule has 200 valence electrons. The minimum Gasteiger partial charge on any atom is -0.491 e. The number of rotatable bonds is 8. The van der Waals surface area contributed by atoms with Crippen molar-refractivity contribution in [3.63, 3.8) is 0 Å². The van der Waals surface area contributed by atoms with Crippen molar-refractivity contribution in [2.45, 2.75) is 70.5 Å². The van der Waals surface area contributed by atoms with Crippen molar-refractivity contribution in [1.29, 1.82) is 0 Å². The first-order valence-electron chi connectivity index (χ1n) is 13.8. The second-order valence-corrected chi connectivity index (χ2v) is 11.4. The molecule has 1 spiro atoms. The second-order valence-electron chi connectivity index (χ2n) is 11.4. The number of hydrogen-bond donors (Lipinski definition) is 0. The third kappa shape index (κ3) is 4.59. The Labute approximate surface area is 223 Å². The van der Waals surface area contributed by atoms with Gasteiger partial charge in [-0.25, -0.2) is 9.37 Å². The maximum absolute atomic E-state index is 14.1. The molecule has 1 aliphatic heterocycles. The minimum atomic E-state index is -0.482. The monoisotopic (exact) mass is 517 g/mol. The molecule has 0 atom stereocenters. The standard InChI is InChI=1S/C30H36FN5O2/c1-4-38-27-13-22(32-14-24(27)31)17-35-18-30(9-10-30)28-21(16-34(2)3)11-20(12-23(28)29(35)37)15-36-19-33-25-7-5-6-8-26(25)36/h11-14,19H,4-10,15-18H2,1-3H3. The number of hydrogen-bond acceptors (Lipinski definition) is 5. The van der Waals surface area contributed by atoms with Crippen LogP contribution >= 0.6 is 0 Å². The number of pyridine rings is 1. The van der Waals surface area contributed by atoms with Crippen molar-refractivity contribution in [3.05, 3.63) is 75.9 Å². The van der Waals surface area contributed by atoms with Crippen LogP contribution in [0.15, 0.2) is 30.7 Å². The SMILES string of the molecule is CCOc1cc(CN2CC3(CC3)c3c(CN(C)C)cc(Cn4cnc5c4CCCC5)cc3C2=O)ncc1F. The van der Waals surface area contributed by atoms with E-state index in [-0.39, 0.29) is 17.1 Å². The maximum Gasteiger partial charge on any atom is 0.254 e. The molecular formula is C30H36FN5O2. The van der Waals surface area contributed by atoms with Crippen molar-refractivity contribution >= 4 is 5.91 Å². The van der Waals surface area contributed by atoms with E-state index in [9.17, 15) is 9.18 Å². The third-order valence-electron chi connectivity index (χ3n) is 8.15. The molecule has 0 N–H and O–H groups in total. The van der Waals surface area contributed by atoms with E-state index in [1.165, 1.54) is 41.6 Å². The fourth-order valence-electron chi connectivity index (χ4n) is 6.37. The van der Waals surface area contributed by atoms with Crippen LogP contribution < -0.4 is 4.74 Å². The van der Waals surface area contributed by atoms with E-state index in [1.807, 2.05) is 18.2 Å². The average Bonchev–Trinajstić information content (AvgIpc) is 3.54. The summed E-state index contributed by atoms with van der Waals surface area (Å²) < 4.78 is 21.8. The summed E-state index contributed by atoms with van der Waals surface area (Å²) >= 11 is 0. The van der Waals surface area contributed by atoms with E-state index in [0.29, 0.717) is 31.9 Å². The molecule has 1 aromatic carbocycles. The van der Waals surface area contributed by atoms with E-state index in [2.05, 4.69) is 45.7 Å². The maximum atomic E-state index is 14.1. The van der Waals surface area contributed by atoms with E-state index < -0.39 is 5.82 Å². The number of amides is 1. The summed E-state index contributed by atoms with van der Waals surface area (Å²) in [6, 6.07) is 6.05. The van der Waals surface area contributed by atoms with Gasteiger partial charge in [-0.05, 0) is 82.3 Å². The van der Waals surface area contributed by atoms with E-state index in [0.717, 1.165) is 43.4 Å². The van der Waals surface area contributed by atoms with E-state index >= 15 is 0 Å². The van der Waals surface area contributed by atoms with Gasteiger partial charge in [0, 0.05) is 42.4 Å². The summed E-state index contributed by atoms with van der Waals surface area (Å²) in [6.07, 6.45) is 9.82. The quantitative estimate of drug-likeness (QED) is 0.441. The summed E-state index contributed by atoms with van der Waals surface area (Å²) in [5.74, 6) is -0.275. The molecule has 2 aliphatic carbocycles. The van der Waals surface area contributed by atoms with Crippen molar-refractivity contribution in [2.24, 2.45) is 0 Å². The largest absolute Gasteiger partial charge is 0.491 e. The number of nitrogens with zero attached hydrogens (tertiary/aromatic N) is 5. The molecule has 3 aliphatic rings. The zero-order chi connectivity index (χ0) is 26.4. The van der Waals surface area contributed by atoms with Crippen LogP contribution in [0.5, 0.6) is 5.75 Å². The Morgan fingerprint density at radius 2 is 1.92 bits per heavy atom. The topological polar surface area (TPSA) is 63.5 Å². The first-order chi connectivity index (χ1) is 18.4. The molecular weight excluding hydrogens is 481 g/mol. The molecule has 0 radical (unpaired) electrons. The number of carbonyl (C=O) groups excluding carboxylic acids is 1. The van der Waals surface area contributed by atoms with Gasteiger partial charge in [-0.3, -0.25) is 9.78 Å². The van der Waals surface area contributed by atoms with Gasteiger partial charge in [0.15, 0.2) is 11.6 Å². The lowest BCUT2D eigenvalue weighted by Crippen LogP contribution is -2.44. The highest BCUT2D eigenvalue weighted by Gasteiger charge is 2.52. The predicted octanol–water partition coefficient (Wildman–Crippen LogP) is 4.49. The van der Waals surface area contributed by atoms with Gasteiger partial charge in [0.25, 0.3) is 5.91 Å². The number of imidazole rings is 1. The normalized spacial score (nSPS) is 17.6. The minimum absolute atomic E-state index is 0.00986. The van der Waals surface area contributed by atoms with Crippen molar-refractivity contribution in [2.75, 3.05) is 27.2 Å². The Balaban J connectivity index is 1.36. The van der Waals surface area contributed by atoms with Gasteiger partial charge < -0.3 is 19.1 Å². The molecule has 0 unspecified atom stereocenters. The van der Waals surface area contributed by atoms with Crippen LogP contribution in [-0.4, -0.2) is 57.5 Å². The molecule has 3 aromatic rings. The Hall–Kier alpha value is -3.26. The molecule has 0 bridgehead atoms. The number of carbonyl (C=O) groups is 1. The van der Waals surface area contributed by atoms with Gasteiger partial charge in [0.2, 0.25) is 0 Å². The molecule has 38 heavy (non-hydrogen) atoms. The zero-order valence-corrected chi connectivity index (χ0v) is 22.6. The van der Waals surface area contributed by atoms with Crippen LogP contribution in [0, 0.1) is 5.82 Å². The smallest absolute Gasteiger partial charge is 0.254 e. The van der Waals surface area contributed by atoms with Gasteiger partial charge in [0.05, 0.1) is 37.1 Å². The fraction of sp³-hybridized carbons (Fsp3) is 0.500. The zero-order valence-electron chi connectivity index (χ0n) is 22.6. The summed E-state index contributed by atoms with van der Waals surface area (Å²) in [6.45, 7) is 4.71.